The minimum absolute atomic E-state index is 0.314. The van der Waals surface area contributed by atoms with Crippen molar-refractivity contribution in [3.8, 4) is 11.5 Å². The molecule has 0 saturated carbocycles. The Kier molecular flexibility index (Phi) is 6.51. The van der Waals surface area contributed by atoms with Gasteiger partial charge in [0.2, 0.25) is 0 Å². The SMILES string of the molecule is C=CCOc1c(Br)cc(/C=N/NC(=O)c2ccncc2)cc1OC. The number of halogens is 1. The van der Waals surface area contributed by atoms with E-state index in [9.17, 15) is 4.79 Å². The molecule has 2 aromatic rings. The average molecular weight is 390 g/mol. The number of benzene rings is 1. The van der Waals surface area contributed by atoms with Crippen LogP contribution in [0.3, 0.4) is 0 Å². The second-order valence-electron chi connectivity index (χ2n) is 4.57. The Morgan fingerprint density at radius 2 is 2.17 bits per heavy atom. The Labute approximate surface area is 148 Å². The molecule has 0 fully saturated rings. The number of nitrogens with one attached hydrogen (secondary N) is 1. The summed E-state index contributed by atoms with van der Waals surface area (Å²) >= 11 is 3.43. The summed E-state index contributed by atoms with van der Waals surface area (Å²) in [7, 11) is 1.55. The molecular formula is C17H16BrN3O3. The smallest absolute Gasteiger partial charge is 0.271 e. The van der Waals surface area contributed by atoms with E-state index < -0.39 is 0 Å². The number of hydrogen-bond acceptors (Lipinski definition) is 5. The van der Waals surface area contributed by atoms with Gasteiger partial charge in [0.15, 0.2) is 11.5 Å². The molecule has 1 aromatic heterocycles. The predicted octanol–water partition coefficient (Wildman–Crippen LogP) is 3.18. The van der Waals surface area contributed by atoms with Crippen LogP contribution in [0.1, 0.15) is 15.9 Å². The zero-order chi connectivity index (χ0) is 17.4. The number of aromatic nitrogens is 1. The van der Waals surface area contributed by atoms with Crippen molar-refractivity contribution in [1.82, 2.24) is 10.4 Å². The molecule has 0 aliphatic heterocycles. The first-order valence-electron chi connectivity index (χ1n) is 7.00. The molecule has 1 heterocycles. The van der Waals surface area contributed by atoms with E-state index in [1.807, 2.05) is 6.07 Å². The zero-order valence-corrected chi connectivity index (χ0v) is 14.6. The number of carbonyl (C=O) groups is 1. The van der Waals surface area contributed by atoms with Crippen molar-refractivity contribution in [1.29, 1.82) is 0 Å². The third-order valence-corrected chi connectivity index (χ3v) is 3.51. The summed E-state index contributed by atoms with van der Waals surface area (Å²) in [6, 6.07) is 6.78. The molecule has 2 rings (SSSR count). The highest BCUT2D eigenvalue weighted by molar-refractivity contribution is 9.10. The molecule has 1 amide bonds. The third-order valence-electron chi connectivity index (χ3n) is 2.92. The maximum atomic E-state index is 11.9. The fourth-order valence-electron chi connectivity index (χ4n) is 1.83. The summed E-state index contributed by atoms with van der Waals surface area (Å²) in [5, 5.41) is 3.95. The summed E-state index contributed by atoms with van der Waals surface area (Å²) in [4.78, 5) is 15.7. The number of hydrazone groups is 1. The Bertz CT molecular complexity index is 748. The fraction of sp³-hybridized carbons (Fsp3) is 0.118. The fourth-order valence-corrected chi connectivity index (χ4v) is 2.40. The van der Waals surface area contributed by atoms with Crippen LogP contribution in [0.2, 0.25) is 0 Å². The summed E-state index contributed by atoms with van der Waals surface area (Å²) in [5.41, 5.74) is 3.67. The van der Waals surface area contributed by atoms with Crippen molar-refractivity contribution < 1.29 is 14.3 Å². The van der Waals surface area contributed by atoms with Gasteiger partial charge in [0.05, 0.1) is 17.8 Å². The van der Waals surface area contributed by atoms with Crippen LogP contribution in [0.4, 0.5) is 0 Å². The molecule has 0 aliphatic rings. The van der Waals surface area contributed by atoms with Gasteiger partial charge < -0.3 is 9.47 Å². The molecule has 24 heavy (non-hydrogen) atoms. The molecule has 0 aliphatic carbocycles. The van der Waals surface area contributed by atoms with Crippen molar-refractivity contribution in [3.05, 3.63) is 64.9 Å². The van der Waals surface area contributed by atoms with Gasteiger partial charge in [-0.05, 0) is 45.8 Å². The van der Waals surface area contributed by atoms with Gasteiger partial charge in [0.25, 0.3) is 5.91 Å². The van der Waals surface area contributed by atoms with Crippen LogP contribution in [0.25, 0.3) is 0 Å². The molecule has 0 unspecified atom stereocenters. The van der Waals surface area contributed by atoms with E-state index in [0.717, 1.165) is 5.56 Å². The lowest BCUT2D eigenvalue weighted by atomic mass is 10.2. The van der Waals surface area contributed by atoms with Gasteiger partial charge in [-0.1, -0.05) is 12.7 Å². The minimum Gasteiger partial charge on any atom is -0.493 e. The first-order valence-corrected chi connectivity index (χ1v) is 7.79. The number of amides is 1. The van der Waals surface area contributed by atoms with Crippen LogP contribution in [-0.2, 0) is 0 Å². The van der Waals surface area contributed by atoms with E-state index in [2.05, 4.69) is 38.0 Å². The van der Waals surface area contributed by atoms with Gasteiger partial charge in [-0.25, -0.2) is 5.43 Å². The lowest BCUT2D eigenvalue weighted by Crippen LogP contribution is -2.17. The van der Waals surface area contributed by atoms with Crippen LogP contribution in [-0.4, -0.2) is 30.8 Å². The van der Waals surface area contributed by atoms with Gasteiger partial charge in [-0.15, -0.1) is 0 Å². The molecule has 1 N–H and O–H groups in total. The molecule has 0 bridgehead atoms. The Balaban J connectivity index is 2.10. The maximum absolute atomic E-state index is 11.9. The van der Waals surface area contributed by atoms with E-state index in [1.54, 1.807) is 43.8 Å². The first kappa shape index (κ1) is 17.7. The van der Waals surface area contributed by atoms with E-state index in [-0.39, 0.29) is 5.91 Å². The van der Waals surface area contributed by atoms with Crippen LogP contribution >= 0.6 is 15.9 Å². The highest BCUT2D eigenvalue weighted by atomic mass is 79.9. The lowest BCUT2D eigenvalue weighted by molar-refractivity contribution is 0.0955. The van der Waals surface area contributed by atoms with E-state index in [0.29, 0.717) is 28.1 Å². The monoisotopic (exact) mass is 389 g/mol. The number of hydrogen-bond donors (Lipinski definition) is 1. The maximum Gasteiger partial charge on any atom is 0.271 e. The topological polar surface area (TPSA) is 72.8 Å². The van der Waals surface area contributed by atoms with Crippen LogP contribution < -0.4 is 14.9 Å². The summed E-state index contributed by atoms with van der Waals surface area (Å²) in [6.07, 6.45) is 6.25. The molecule has 0 saturated heterocycles. The van der Waals surface area contributed by atoms with Crippen molar-refractivity contribution in [3.63, 3.8) is 0 Å². The van der Waals surface area contributed by atoms with Gasteiger partial charge in [0, 0.05) is 18.0 Å². The summed E-state index contributed by atoms with van der Waals surface area (Å²) in [5.74, 6) is 0.814. The number of rotatable bonds is 7. The second-order valence-corrected chi connectivity index (χ2v) is 5.42. The molecule has 7 heteroatoms. The minimum atomic E-state index is -0.314. The predicted molar refractivity (Wildman–Crippen MR) is 95.7 cm³/mol. The number of pyridine rings is 1. The van der Waals surface area contributed by atoms with Crippen LogP contribution in [0.5, 0.6) is 11.5 Å². The second kappa shape index (κ2) is 8.83. The molecule has 0 atom stereocenters. The third kappa shape index (κ3) is 4.66. The van der Waals surface area contributed by atoms with Crippen molar-refractivity contribution >= 4 is 28.1 Å². The van der Waals surface area contributed by atoms with E-state index in [1.165, 1.54) is 6.21 Å². The first-order chi connectivity index (χ1) is 11.7. The Morgan fingerprint density at radius 3 is 2.83 bits per heavy atom. The highest BCUT2D eigenvalue weighted by Crippen LogP contribution is 2.36. The Hall–Kier alpha value is -2.67. The standard InChI is InChI=1S/C17H16BrN3O3/c1-3-8-24-16-14(18)9-12(10-15(16)23-2)11-20-21-17(22)13-4-6-19-7-5-13/h3-7,9-11H,1,8H2,2H3,(H,21,22)/b20-11+. The summed E-state index contributed by atoms with van der Waals surface area (Å²) < 4.78 is 11.6. The quantitative estimate of drug-likeness (QED) is 0.448. The number of carbonyl (C=O) groups excluding carboxylic acids is 1. The van der Waals surface area contributed by atoms with E-state index >= 15 is 0 Å². The Morgan fingerprint density at radius 1 is 1.42 bits per heavy atom. The van der Waals surface area contributed by atoms with Gasteiger partial charge in [-0.2, -0.15) is 5.10 Å². The van der Waals surface area contributed by atoms with Crippen molar-refractivity contribution in [2.24, 2.45) is 5.10 Å². The largest absolute Gasteiger partial charge is 0.493 e. The van der Waals surface area contributed by atoms with E-state index in [4.69, 9.17) is 9.47 Å². The molecule has 6 nitrogen and oxygen atoms in total. The molecular weight excluding hydrogens is 374 g/mol. The summed E-state index contributed by atoms with van der Waals surface area (Å²) in [6.45, 7) is 3.98. The number of nitrogens with zero attached hydrogens (tertiary/aromatic N) is 2. The molecule has 124 valence electrons. The molecule has 0 radical (unpaired) electrons. The number of ether oxygens (including phenoxy) is 2. The van der Waals surface area contributed by atoms with Gasteiger partial charge >= 0.3 is 0 Å². The van der Waals surface area contributed by atoms with Crippen LogP contribution in [0, 0.1) is 0 Å². The average Bonchev–Trinajstić information content (AvgIpc) is 2.61. The zero-order valence-electron chi connectivity index (χ0n) is 13.0. The van der Waals surface area contributed by atoms with Gasteiger partial charge in [0.1, 0.15) is 6.61 Å². The lowest BCUT2D eigenvalue weighted by Gasteiger charge is -2.12. The molecule has 1 aromatic carbocycles. The van der Waals surface area contributed by atoms with Crippen molar-refractivity contribution in [2.45, 2.75) is 0 Å². The van der Waals surface area contributed by atoms with Crippen LogP contribution in [0.15, 0.2) is 58.9 Å². The van der Waals surface area contributed by atoms with Gasteiger partial charge in [-0.3, -0.25) is 9.78 Å². The van der Waals surface area contributed by atoms with Crippen molar-refractivity contribution in [2.75, 3.05) is 13.7 Å². The number of methoxy groups -OCH3 is 1. The highest BCUT2D eigenvalue weighted by Gasteiger charge is 2.10. The normalized spacial score (nSPS) is 10.4. The molecule has 0 spiro atoms.